The lowest BCUT2D eigenvalue weighted by molar-refractivity contribution is -0.205. The summed E-state index contributed by atoms with van der Waals surface area (Å²) in [6.07, 6.45) is 2.97. The van der Waals surface area contributed by atoms with Gasteiger partial charge in [-0.1, -0.05) is 21.6 Å². The minimum atomic E-state index is -1.17. The van der Waals surface area contributed by atoms with Crippen molar-refractivity contribution >= 4 is 57.3 Å². The predicted octanol–water partition coefficient (Wildman–Crippen LogP) is 5.03. The molecule has 0 aromatic heterocycles. The number of imide groups is 1. The maximum atomic E-state index is 12.8. The van der Waals surface area contributed by atoms with E-state index in [2.05, 4.69) is 0 Å². The Labute approximate surface area is 291 Å². The summed E-state index contributed by atoms with van der Waals surface area (Å²) in [5, 5.41) is 0.499. The van der Waals surface area contributed by atoms with Gasteiger partial charge in [0.05, 0.1) is 28.3 Å². The van der Waals surface area contributed by atoms with Crippen molar-refractivity contribution < 1.29 is 57.3 Å². The third-order valence-corrected chi connectivity index (χ3v) is 10.1. The van der Waals surface area contributed by atoms with E-state index in [1.54, 1.807) is 55.4 Å². The first kappa shape index (κ1) is 41.8. The third kappa shape index (κ3) is 13.5. The molecule has 0 spiro atoms. The molecule has 2 fully saturated rings. The van der Waals surface area contributed by atoms with Crippen molar-refractivity contribution in [2.24, 2.45) is 21.7 Å². The second-order valence-electron chi connectivity index (χ2n) is 14.6. The average Bonchev–Trinajstić information content (AvgIpc) is 3.31. The number of amides is 2. The molecule has 0 aromatic carbocycles. The molecule has 0 aliphatic carbocycles. The molecule has 2 rings (SSSR count). The zero-order chi connectivity index (χ0) is 36.2. The van der Waals surface area contributed by atoms with Gasteiger partial charge in [-0.15, -0.1) is 5.06 Å². The number of hydrogen-bond acceptors (Lipinski definition) is 14. The molecule has 0 N–H and O–H groups in total. The van der Waals surface area contributed by atoms with Gasteiger partial charge in [0.15, 0.2) is 6.29 Å². The number of rotatable bonds is 20. The molecule has 13 nitrogen and oxygen atoms in total. The number of nitrogens with zero attached hydrogens (tertiary/aromatic N) is 1. The molecule has 2 heterocycles. The molecule has 15 heteroatoms. The van der Waals surface area contributed by atoms with Crippen LogP contribution in [0.2, 0.25) is 0 Å². The van der Waals surface area contributed by atoms with E-state index in [4.69, 9.17) is 28.5 Å². The number of hydroxylamine groups is 2. The fourth-order valence-electron chi connectivity index (χ4n) is 5.56. The van der Waals surface area contributed by atoms with Crippen LogP contribution in [-0.4, -0.2) is 91.6 Å². The number of carbonyl (C=O) groups is 6. The highest BCUT2D eigenvalue weighted by atomic mass is 33.1. The first-order chi connectivity index (χ1) is 22.3. The maximum Gasteiger partial charge on any atom is 0.338 e. The number of ether oxygens (including phenoxy) is 5. The van der Waals surface area contributed by atoms with Crippen molar-refractivity contribution in [1.82, 2.24) is 5.06 Å². The topological polar surface area (TPSA) is 161 Å². The molecule has 1 unspecified atom stereocenters. The van der Waals surface area contributed by atoms with Gasteiger partial charge >= 0.3 is 23.9 Å². The minimum absolute atomic E-state index is 0.00346. The van der Waals surface area contributed by atoms with E-state index in [-0.39, 0.29) is 58.4 Å². The highest BCUT2D eigenvalue weighted by Crippen LogP contribution is 2.37. The summed E-state index contributed by atoms with van der Waals surface area (Å²) in [7, 11) is 2.92. The van der Waals surface area contributed by atoms with Gasteiger partial charge in [0.1, 0.15) is 19.8 Å². The normalized spacial score (nSPS) is 17.7. The van der Waals surface area contributed by atoms with E-state index < -0.39 is 57.4 Å². The van der Waals surface area contributed by atoms with E-state index in [0.717, 1.165) is 19.3 Å². The van der Waals surface area contributed by atoms with Crippen molar-refractivity contribution in [2.45, 2.75) is 107 Å². The first-order valence-corrected chi connectivity index (χ1v) is 18.8. The molecular formula is C33H53NO12S2. The summed E-state index contributed by atoms with van der Waals surface area (Å²) in [5.74, 6) is -2.22. The fourth-order valence-corrected chi connectivity index (χ4v) is 7.21. The van der Waals surface area contributed by atoms with E-state index >= 15 is 0 Å². The fraction of sp³-hybridized carbons (Fsp3) is 0.818. The zero-order valence-electron chi connectivity index (χ0n) is 29.6. The number of carbonyl (C=O) groups excluding carboxylic acids is 6. The largest absolute Gasteiger partial charge is 0.464 e. The first-order valence-electron chi connectivity index (χ1n) is 16.4. The van der Waals surface area contributed by atoms with Crippen LogP contribution in [-0.2, 0) is 57.3 Å². The van der Waals surface area contributed by atoms with Gasteiger partial charge in [-0.05, 0) is 87.5 Å². The van der Waals surface area contributed by atoms with Crippen LogP contribution in [0.15, 0.2) is 0 Å². The average molecular weight is 720 g/mol. The van der Waals surface area contributed by atoms with Crippen LogP contribution >= 0.6 is 21.6 Å². The highest BCUT2D eigenvalue weighted by molar-refractivity contribution is 8.76. The van der Waals surface area contributed by atoms with Gasteiger partial charge < -0.3 is 28.5 Å². The monoisotopic (exact) mass is 719 g/mol. The van der Waals surface area contributed by atoms with E-state index in [9.17, 15) is 28.8 Å². The quantitative estimate of drug-likeness (QED) is 0.0541. The van der Waals surface area contributed by atoms with Gasteiger partial charge in [0, 0.05) is 31.0 Å². The summed E-state index contributed by atoms with van der Waals surface area (Å²) < 4.78 is 27.4. The molecule has 2 aliphatic rings. The SMILES string of the molecule is CC(C)(CC(C)(C)C(=O)OCCSSCCOC(=O)C(C)(C)CC(C)(C)C(=O)ON1C(=O)CCC1=O)C(=O)OCCOC1CCCCO1. The van der Waals surface area contributed by atoms with E-state index in [1.807, 2.05) is 0 Å². The minimum Gasteiger partial charge on any atom is -0.464 e. The van der Waals surface area contributed by atoms with Gasteiger partial charge in [0.2, 0.25) is 0 Å². The summed E-state index contributed by atoms with van der Waals surface area (Å²) >= 11 is 0. The lowest BCUT2D eigenvalue weighted by Crippen LogP contribution is -2.41. The smallest absolute Gasteiger partial charge is 0.338 e. The van der Waals surface area contributed by atoms with Crippen molar-refractivity contribution in [3.63, 3.8) is 0 Å². The van der Waals surface area contributed by atoms with E-state index in [1.165, 1.54) is 21.6 Å². The van der Waals surface area contributed by atoms with Crippen LogP contribution in [0.4, 0.5) is 0 Å². The highest BCUT2D eigenvalue weighted by Gasteiger charge is 2.44. The predicted molar refractivity (Wildman–Crippen MR) is 179 cm³/mol. The molecule has 2 aliphatic heterocycles. The Morgan fingerprint density at radius 3 is 1.54 bits per heavy atom. The van der Waals surface area contributed by atoms with Crippen LogP contribution in [0.5, 0.6) is 0 Å². The summed E-state index contributed by atoms with van der Waals surface area (Å²) in [4.78, 5) is 79.6. The second-order valence-corrected chi connectivity index (χ2v) is 17.3. The summed E-state index contributed by atoms with van der Waals surface area (Å²) in [6, 6.07) is 0. The van der Waals surface area contributed by atoms with Gasteiger partial charge in [-0.2, -0.15) is 0 Å². The molecule has 1 atom stereocenters. The lowest BCUT2D eigenvalue weighted by Gasteiger charge is -2.32. The van der Waals surface area contributed by atoms with Crippen LogP contribution < -0.4 is 0 Å². The Balaban J connectivity index is 1.61. The Morgan fingerprint density at radius 2 is 1.10 bits per heavy atom. The van der Waals surface area contributed by atoms with Crippen molar-refractivity contribution in [2.75, 3.05) is 44.5 Å². The molecule has 2 saturated heterocycles. The third-order valence-electron chi connectivity index (χ3n) is 7.80. The maximum absolute atomic E-state index is 12.8. The molecular weight excluding hydrogens is 666 g/mol. The Kier molecular flexibility index (Phi) is 16.2. The van der Waals surface area contributed by atoms with Crippen molar-refractivity contribution in [3.05, 3.63) is 0 Å². The molecule has 0 bridgehead atoms. The molecule has 2 amide bonds. The summed E-state index contributed by atoms with van der Waals surface area (Å²) in [5.41, 5.74) is -4.03. The van der Waals surface area contributed by atoms with Crippen LogP contribution in [0.25, 0.3) is 0 Å². The summed E-state index contributed by atoms with van der Waals surface area (Å²) in [6.45, 7) is 14.8. The van der Waals surface area contributed by atoms with Crippen LogP contribution in [0.1, 0.15) is 100 Å². The lowest BCUT2D eigenvalue weighted by atomic mass is 9.75. The van der Waals surface area contributed by atoms with Crippen molar-refractivity contribution in [1.29, 1.82) is 0 Å². The molecule has 0 aromatic rings. The van der Waals surface area contributed by atoms with Crippen molar-refractivity contribution in [3.8, 4) is 0 Å². The molecule has 0 radical (unpaired) electrons. The van der Waals surface area contributed by atoms with E-state index in [0.29, 0.717) is 23.2 Å². The Morgan fingerprint density at radius 1 is 0.667 bits per heavy atom. The zero-order valence-corrected chi connectivity index (χ0v) is 31.3. The van der Waals surface area contributed by atoms with Gasteiger partial charge in [-0.25, -0.2) is 4.79 Å². The molecule has 48 heavy (non-hydrogen) atoms. The molecule has 274 valence electrons. The molecule has 0 saturated carbocycles. The Hall–Kier alpha value is -2.36. The number of esters is 3. The van der Waals surface area contributed by atoms with Gasteiger partial charge in [0.25, 0.3) is 11.8 Å². The number of hydrogen-bond donors (Lipinski definition) is 0. The second kappa shape index (κ2) is 18.6. The van der Waals surface area contributed by atoms with Crippen LogP contribution in [0.3, 0.4) is 0 Å². The Bertz CT molecular complexity index is 1130. The van der Waals surface area contributed by atoms with Gasteiger partial charge in [-0.3, -0.25) is 24.0 Å². The van der Waals surface area contributed by atoms with Crippen LogP contribution in [0, 0.1) is 21.7 Å². The standard InChI is InChI=1S/C33H53NO12S2/c1-30(2,26(37)43-16-15-42-25-11-9-10-14-41-25)21-31(3,4)27(38)44-17-19-47-48-20-18-45-28(39)32(5,6)22-33(7,8)29(40)46-34-23(35)12-13-24(34)36/h25H,9-22H2,1-8H3.